The molecule has 0 spiro atoms. The summed E-state index contributed by atoms with van der Waals surface area (Å²) in [6.07, 6.45) is 0.0915. The second-order valence-corrected chi connectivity index (χ2v) is 7.70. The molecule has 0 saturated carbocycles. The predicted molar refractivity (Wildman–Crippen MR) is 102 cm³/mol. The Morgan fingerprint density at radius 3 is 2.86 bits per heavy atom. The van der Waals surface area contributed by atoms with Crippen molar-refractivity contribution in [3.8, 4) is 6.07 Å². The molecule has 1 aromatic carbocycles. The third-order valence-electron chi connectivity index (χ3n) is 4.97. The number of guanidine groups is 1. The topological polar surface area (TPSA) is 121 Å². The number of nitrogens with zero attached hydrogens (tertiary/aromatic N) is 5. The van der Waals surface area contributed by atoms with E-state index in [4.69, 9.17) is 14.7 Å². The van der Waals surface area contributed by atoms with Crippen molar-refractivity contribution in [2.45, 2.75) is 32.5 Å². The molecule has 0 aliphatic carbocycles. The minimum absolute atomic E-state index is 0.0294. The van der Waals surface area contributed by atoms with Crippen LogP contribution in [0.4, 0.5) is 4.79 Å². The first-order valence-electron chi connectivity index (χ1n) is 9.33. The first-order valence-corrected chi connectivity index (χ1v) is 9.33. The lowest BCUT2D eigenvalue weighted by Gasteiger charge is -2.22. The van der Waals surface area contributed by atoms with E-state index in [2.05, 4.69) is 5.10 Å². The highest BCUT2D eigenvalue weighted by Crippen LogP contribution is 2.30. The first-order chi connectivity index (χ1) is 13.8. The summed E-state index contributed by atoms with van der Waals surface area (Å²) in [6, 6.07) is 8.82. The fourth-order valence-electron chi connectivity index (χ4n) is 3.69. The van der Waals surface area contributed by atoms with Crippen LogP contribution in [-0.2, 0) is 16.1 Å². The molecule has 2 fully saturated rings. The average molecular weight is 401 g/mol. The zero-order valence-electron chi connectivity index (χ0n) is 16.4. The minimum atomic E-state index is -0.812. The molecule has 154 valence electrons. The summed E-state index contributed by atoms with van der Waals surface area (Å²) in [7, 11) is 0. The summed E-state index contributed by atoms with van der Waals surface area (Å²) in [5.41, 5.74) is 0.751. The van der Waals surface area contributed by atoms with Gasteiger partial charge < -0.3 is 14.4 Å². The third-order valence-corrected chi connectivity index (χ3v) is 4.97. The molecule has 2 heterocycles. The van der Waals surface area contributed by atoms with E-state index in [-0.39, 0.29) is 30.6 Å². The van der Waals surface area contributed by atoms with E-state index in [9.17, 15) is 14.9 Å². The van der Waals surface area contributed by atoms with Gasteiger partial charge in [0, 0.05) is 24.6 Å². The van der Waals surface area contributed by atoms with Crippen LogP contribution in [0.3, 0.4) is 0 Å². The summed E-state index contributed by atoms with van der Waals surface area (Å²) in [5.74, 6) is 0.165. The number of nitro groups is 1. The molecule has 0 N–H and O–H groups in total. The molecule has 29 heavy (non-hydrogen) atoms. The van der Waals surface area contributed by atoms with Crippen LogP contribution in [0, 0.1) is 27.4 Å². The Bertz CT molecular complexity index is 863. The van der Waals surface area contributed by atoms with E-state index < -0.39 is 11.1 Å². The van der Waals surface area contributed by atoms with E-state index in [0.29, 0.717) is 30.8 Å². The van der Waals surface area contributed by atoms with Gasteiger partial charge in [0.05, 0.1) is 30.4 Å². The van der Waals surface area contributed by atoms with Gasteiger partial charge in [0.25, 0.3) is 5.96 Å². The largest absolute Gasteiger partial charge is 0.444 e. The van der Waals surface area contributed by atoms with E-state index in [1.807, 2.05) is 19.9 Å². The molecular weight excluding hydrogens is 378 g/mol. The van der Waals surface area contributed by atoms with Crippen LogP contribution in [0.25, 0.3) is 0 Å². The maximum Gasteiger partial charge on any atom is 0.417 e. The van der Waals surface area contributed by atoms with Gasteiger partial charge in [-0.15, -0.1) is 0 Å². The predicted octanol–water partition coefficient (Wildman–Crippen LogP) is 2.18. The fraction of sp³-hybridized carbons (Fsp3) is 0.526. The van der Waals surface area contributed by atoms with E-state index in [0.717, 1.165) is 6.42 Å². The lowest BCUT2D eigenvalue weighted by Crippen LogP contribution is -2.40. The van der Waals surface area contributed by atoms with Gasteiger partial charge in [-0.2, -0.15) is 5.26 Å². The highest BCUT2D eigenvalue weighted by molar-refractivity contribution is 5.95. The smallest absolute Gasteiger partial charge is 0.417 e. The van der Waals surface area contributed by atoms with Gasteiger partial charge in [0.2, 0.25) is 0 Å². The average Bonchev–Trinajstić information content (AvgIpc) is 3.22. The van der Waals surface area contributed by atoms with Crippen molar-refractivity contribution in [1.29, 1.82) is 5.26 Å². The van der Waals surface area contributed by atoms with Crippen LogP contribution in [0.15, 0.2) is 29.4 Å². The van der Waals surface area contributed by atoms with Crippen LogP contribution in [-0.4, -0.2) is 58.7 Å². The number of benzene rings is 1. The van der Waals surface area contributed by atoms with Gasteiger partial charge in [-0.05, 0) is 26.3 Å². The summed E-state index contributed by atoms with van der Waals surface area (Å²) >= 11 is 0. The highest BCUT2D eigenvalue weighted by atomic mass is 16.7. The van der Waals surface area contributed by atoms with Crippen molar-refractivity contribution in [3.05, 3.63) is 45.5 Å². The van der Waals surface area contributed by atoms with Crippen molar-refractivity contribution < 1.29 is 19.3 Å². The van der Waals surface area contributed by atoms with E-state index in [1.165, 1.54) is 4.90 Å². The molecule has 2 aliphatic rings. The molecule has 1 unspecified atom stereocenters. The quantitative estimate of drug-likeness (QED) is 0.547. The summed E-state index contributed by atoms with van der Waals surface area (Å²) < 4.78 is 11.0. The van der Waals surface area contributed by atoms with Crippen LogP contribution in [0.1, 0.15) is 31.4 Å². The standard InChI is InChI=1S/C19H23N5O5/c1-19(2)9-14(12-29-19)11-22-7-8-23(17(22)21-24(26)27)18(25)28-13-16-6-4-3-5-15(16)10-20/h3-6,14H,7-9,11-13H2,1-2H3. The third kappa shape index (κ3) is 5.00. The lowest BCUT2D eigenvalue weighted by atomic mass is 9.97. The normalized spacial score (nSPS) is 22.0. The van der Waals surface area contributed by atoms with Crippen molar-refractivity contribution in [2.24, 2.45) is 11.0 Å². The Hall–Kier alpha value is -3.19. The number of hydrogen-bond donors (Lipinski definition) is 0. The number of nitriles is 1. The molecular formula is C19H23N5O5. The van der Waals surface area contributed by atoms with Gasteiger partial charge in [-0.1, -0.05) is 18.2 Å². The van der Waals surface area contributed by atoms with Crippen LogP contribution < -0.4 is 0 Å². The monoisotopic (exact) mass is 401 g/mol. The van der Waals surface area contributed by atoms with Crippen LogP contribution in [0.5, 0.6) is 0 Å². The van der Waals surface area contributed by atoms with Crippen molar-refractivity contribution in [2.75, 3.05) is 26.2 Å². The van der Waals surface area contributed by atoms with Gasteiger partial charge >= 0.3 is 6.09 Å². The molecule has 10 heteroatoms. The highest BCUT2D eigenvalue weighted by Gasteiger charge is 2.39. The molecule has 3 rings (SSSR count). The first kappa shape index (κ1) is 20.5. The second-order valence-electron chi connectivity index (χ2n) is 7.70. The molecule has 1 aromatic rings. The second kappa shape index (κ2) is 8.45. The van der Waals surface area contributed by atoms with Crippen molar-refractivity contribution in [3.63, 3.8) is 0 Å². The molecule has 1 atom stereocenters. The summed E-state index contributed by atoms with van der Waals surface area (Å²) in [6.45, 7) is 5.64. The van der Waals surface area contributed by atoms with Crippen LogP contribution in [0.2, 0.25) is 0 Å². The molecule has 1 amide bonds. The number of carbonyl (C=O) groups is 1. The lowest BCUT2D eigenvalue weighted by molar-refractivity contribution is -0.486. The zero-order valence-corrected chi connectivity index (χ0v) is 16.4. The Morgan fingerprint density at radius 1 is 1.45 bits per heavy atom. The molecule has 2 aliphatic heterocycles. The summed E-state index contributed by atoms with van der Waals surface area (Å²) in [5, 5.41) is 22.8. The SMILES string of the molecule is CC1(C)CC(CN2CCN(C(=O)OCc3ccccc3C#N)C2=N[N+](=O)[O-])CO1. The maximum atomic E-state index is 12.6. The Morgan fingerprint density at radius 2 is 2.21 bits per heavy atom. The number of hydrogen-bond acceptors (Lipinski definition) is 6. The van der Waals surface area contributed by atoms with Gasteiger partial charge in [0.1, 0.15) is 11.7 Å². The number of ether oxygens (including phenoxy) is 2. The summed E-state index contributed by atoms with van der Waals surface area (Å²) in [4.78, 5) is 26.5. The fourth-order valence-corrected chi connectivity index (χ4v) is 3.69. The number of rotatable bonds is 5. The Kier molecular flexibility index (Phi) is 5.98. The maximum absolute atomic E-state index is 12.6. The minimum Gasteiger partial charge on any atom is -0.444 e. The zero-order chi connectivity index (χ0) is 21.0. The van der Waals surface area contributed by atoms with E-state index in [1.54, 1.807) is 29.2 Å². The molecule has 0 aromatic heterocycles. The van der Waals surface area contributed by atoms with Gasteiger partial charge in [0.15, 0.2) is 5.03 Å². The number of amides is 1. The van der Waals surface area contributed by atoms with Crippen LogP contribution >= 0.6 is 0 Å². The molecule has 0 radical (unpaired) electrons. The van der Waals surface area contributed by atoms with Crippen molar-refractivity contribution >= 4 is 12.1 Å². The molecule has 2 saturated heterocycles. The Balaban J connectivity index is 1.67. The Labute approximate surface area is 168 Å². The molecule has 0 bridgehead atoms. The van der Waals surface area contributed by atoms with Gasteiger partial charge in [-0.3, -0.25) is 0 Å². The van der Waals surface area contributed by atoms with E-state index >= 15 is 0 Å². The number of hydrazone groups is 1. The van der Waals surface area contributed by atoms with Gasteiger partial charge in [-0.25, -0.2) is 19.8 Å². The van der Waals surface area contributed by atoms with Crippen molar-refractivity contribution in [1.82, 2.24) is 9.80 Å². The number of carbonyl (C=O) groups excluding carboxylic acids is 1. The molecule has 10 nitrogen and oxygen atoms in total.